The van der Waals surface area contributed by atoms with E-state index in [1.165, 1.54) is 29.5 Å². The van der Waals surface area contributed by atoms with Crippen LogP contribution in [0.3, 0.4) is 0 Å². The van der Waals surface area contributed by atoms with E-state index in [-0.39, 0.29) is 5.54 Å². The Kier molecular flexibility index (Phi) is 3.66. The van der Waals surface area contributed by atoms with E-state index in [0.29, 0.717) is 5.54 Å². The Bertz CT molecular complexity index is 530. The molecule has 3 rings (SSSR count). The van der Waals surface area contributed by atoms with Crippen LogP contribution in [0.2, 0.25) is 0 Å². The van der Waals surface area contributed by atoms with Crippen LogP contribution in [0.25, 0.3) is 0 Å². The molecular formula is C19H30N2. The van der Waals surface area contributed by atoms with Crippen molar-refractivity contribution in [3.63, 3.8) is 0 Å². The minimum absolute atomic E-state index is 0.229. The third-order valence-electron chi connectivity index (χ3n) is 5.72. The van der Waals surface area contributed by atoms with Gasteiger partial charge in [0.1, 0.15) is 0 Å². The van der Waals surface area contributed by atoms with Gasteiger partial charge in [-0.05, 0) is 70.1 Å². The zero-order valence-corrected chi connectivity index (χ0v) is 14.3. The van der Waals surface area contributed by atoms with Gasteiger partial charge in [-0.15, -0.1) is 0 Å². The molecule has 2 aliphatic rings. The van der Waals surface area contributed by atoms with Crippen molar-refractivity contribution in [3.8, 4) is 0 Å². The average molecular weight is 286 g/mol. The van der Waals surface area contributed by atoms with Gasteiger partial charge in [0.05, 0.1) is 0 Å². The SMILES string of the molecule is Cc1ccc(CN2CC(C)(C3CC3)NCC2(C)C)cc1C. The lowest BCUT2D eigenvalue weighted by Crippen LogP contribution is -2.67. The molecule has 1 unspecified atom stereocenters. The molecule has 116 valence electrons. The Morgan fingerprint density at radius 1 is 1.14 bits per heavy atom. The van der Waals surface area contributed by atoms with Crippen LogP contribution < -0.4 is 5.32 Å². The van der Waals surface area contributed by atoms with Gasteiger partial charge in [-0.2, -0.15) is 0 Å². The quantitative estimate of drug-likeness (QED) is 0.912. The first kappa shape index (κ1) is 15.1. The van der Waals surface area contributed by atoms with Crippen LogP contribution in [0.15, 0.2) is 18.2 Å². The van der Waals surface area contributed by atoms with Crippen LogP contribution in [0.5, 0.6) is 0 Å². The van der Waals surface area contributed by atoms with Crippen LogP contribution in [0.1, 0.15) is 50.3 Å². The highest BCUT2D eigenvalue weighted by molar-refractivity contribution is 5.30. The van der Waals surface area contributed by atoms with Crippen LogP contribution >= 0.6 is 0 Å². The summed E-state index contributed by atoms with van der Waals surface area (Å²) in [5.74, 6) is 0.885. The summed E-state index contributed by atoms with van der Waals surface area (Å²) in [6.45, 7) is 14.9. The molecule has 0 radical (unpaired) electrons. The Balaban J connectivity index is 1.78. The van der Waals surface area contributed by atoms with Gasteiger partial charge in [0, 0.05) is 30.7 Å². The minimum atomic E-state index is 0.229. The van der Waals surface area contributed by atoms with Gasteiger partial charge < -0.3 is 5.32 Å². The molecule has 1 aliphatic carbocycles. The van der Waals surface area contributed by atoms with E-state index in [9.17, 15) is 0 Å². The van der Waals surface area contributed by atoms with E-state index >= 15 is 0 Å². The smallest absolute Gasteiger partial charge is 0.0309 e. The van der Waals surface area contributed by atoms with Crippen molar-refractivity contribution in [2.45, 2.75) is 65.1 Å². The average Bonchev–Trinajstić information content (AvgIpc) is 3.24. The molecule has 1 aromatic carbocycles. The second kappa shape index (κ2) is 5.10. The molecule has 1 saturated heterocycles. The van der Waals surface area contributed by atoms with Crippen molar-refractivity contribution in [1.82, 2.24) is 10.2 Å². The predicted octanol–water partition coefficient (Wildman–Crippen LogP) is 3.66. The molecule has 1 aromatic rings. The summed E-state index contributed by atoms with van der Waals surface area (Å²) in [5, 5.41) is 3.84. The van der Waals surface area contributed by atoms with Gasteiger partial charge in [-0.3, -0.25) is 4.90 Å². The van der Waals surface area contributed by atoms with Crippen LogP contribution in [0.4, 0.5) is 0 Å². The van der Waals surface area contributed by atoms with Crippen LogP contribution in [0, 0.1) is 19.8 Å². The second-order valence-corrected chi connectivity index (χ2v) is 8.13. The van der Waals surface area contributed by atoms with Gasteiger partial charge in [-0.1, -0.05) is 18.2 Å². The maximum Gasteiger partial charge on any atom is 0.0309 e. The maximum absolute atomic E-state index is 3.84. The zero-order chi connectivity index (χ0) is 15.3. The highest BCUT2D eigenvalue weighted by Gasteiger charge is 2.47. The number of benzene rings is 1. The summed E-state index contributed by atoms with van der Waals surface area (Å²) >= 11 is 0. The summed E-state index contributed by atoms with van der Waals surface area (Å²) in [6, 6.07) is 6.93. The lowest BCUT2D eigenvalue weighted by Gasteiger charge is -2.51. The molecule has 0 spiro atoms. The number of rotatable bonds is 3. The Morgan fingerprint density at radius 2 is 1.86 bits per heavy atom. The summed E-state index contributed by atoms with van der Waals surface area (Å²) in [4.78, 5) is 2.69. The van der Waals surface area contributed by atoms with Crippen molar-refractivity contribution < 1.29 is 0 Å². The number of nitrogens with zero attached hydrogens (tertiary/aromatic N) is 1. The lowest BCUT2D eigenvalue weighted by atomic mass is 9.86. The topological polar surface area (TPSA) is 15.3 Å². The third-order valence-corrected chi connectivity index (χ3v) is 5.72. The summed E-state index contributed by atoms with van der Waals surface area (Å²) in [7, 11) is 0. The molecule has 0 aromatic heterocycles. The highest BCUT2D eigenvalue weighted by Crippen LogP contribution is 2.42. The van der Waals surface area contributed by atoms with E-state index in [1.807, 2.05) is 0 Å². The molecule has 1 aliphatic heterocycles. The van der Waals surface area contributed by atoms with Gasteiger partial charge in [0.25, 0.3) is 0 Å². The van der Waals surface area contributed by atoms with Gasteiger partial charge in [-0.25, -0.2) is 0 Å². The van der Waals surface area contributed by atoms with E-state index in [2.05, 4.69) is 63.0 Å². The summed E-state index contributed by atoms with van der Waals surface area (Å²) in [6.07, 6.45) is 2.81. The molecule has 1 saturated carbocycles. The molecule has 0 amide bonds. The predicted molar refractivity (Wildman–Crippen MR) is 89.5 cm³/mol. The Hall–Kier alpha value is -0.860. The molecule has 1 atom stereocenters. The summed E-state index contributed by atoms with van der Waals surface area (Å²) in [5.41, 5.74) is 4.79. The van der Waals surface area contributed by atoms with E-state index in [1.54, 1.807) is 0 Å². The fraction of sp³-hybridized carbons (Fsp3) is 0.684. The molecule has 2 nitrogen and oxygen atoms in total. The van der Waals surface area contributed by atoms with Crippen molar-refractivity contribution in [2.24, 2.45) is 5.92 Å². The molecule has 2 heteroatoms. The molecule has 2 fully saturated rings. The van der Waals surface area contributed by atoms with E-state index < -0.39 is 0 Å². The van der Waals surface area contributed by atoms with Gasteiger partial charge in [0.2, 0.25) is 0 Å². The number of piperazine rings is 1. The van der Waals surface area contributed by atoms with Crippen molar-refractivity contribution >= 4 is 0 Å². The van der Waals surface area contributed by atoms with E-state index in [0.717, 1.165) is 25.6 Å². The zero-order valence-electron chi connectivity index (χ0n) is 14.3. The Morgan fingerprint density at radius 3 is 2.48 bits per heavy atom. The molecule has 1 N–H and O–H groups in total. The Labute approximate surface area is 129 Å². The van der Waals surface area contributed by atoms with Crippen molar-refractivity contribution in [3.05, 3.63) is 34.9 Å². The first-order valence-electron chi connectivity index (χ1n) is 8.36. The van der Waals surface area contributed by atoms with Crippen molar-refractivity contribution in [2.75, 3.05) is 13.1 Å². The number of aryl methyl sites for hydroxylation is 2. The van der Waals surface area contributed by atoms with Gasteiger partial charge >= 0.3 is 0 Å². The van der Waals surface area contributed by atoms with Crippen LogP contribution in [-0.2, 0) is 6.54 Å². The molecule has 0 bridgehead atoms. The summed E-state index contributed by atoms with van der Waals surface area (Å²) < 4.78 is 0. The largest absolute Gasteiger partial charge is 0.308 e. The minimum Gasteiger partial charge on any atom is -0.308 e. The lowest BCUT2D eigenvalue weighted by molar-refractivity contribution is 0.0178. The maximum atomic E-state index is 3.84. The second-order valence-electron chi connectivity index (χ2n) is 8.13. The number of hydrogen-bond donors (Lipinski definition) is 1. The number of hydrogen-bond acceptors (Lipinski definition) is 2. The highest BCUT2D eigenvalue weighted by atomic mass is 15.3. The van der Waals surface area contributed by atoms with E-state index in [4.69, 9.17) is 0 Å². The normalized spacial score (nSPS) is 29.6. The number of nitrogens with one attached hydrogen (secondary N) is 1. The van der Waals surface area contributed by atoms with Crippen LogP contribution in [-0.4, -0.2) is 29.1 Å². The first-order valence-corrected chi connectivity index (χ1v) is 8.36. The third kappa shape index (κ3) is 3.02. The fourth-order valence-corrected chi connectivity index (χ4v) is 3.58. The standard InChI is InChI=1S/C19H30N2/c1-14-6-7-16(10-15(14)2)11-21-13-19(5,17-8-9-17)20-12-18(21,3)4/h6-7,10,17,20H,8-9,11-13H2,1-5H3. The molecular weight excluding hydrogens is 256 g/mol. The van der Waals surface area contributed by atoms with Gasteiger partial charge in [0.15, 0.2) is 0 Å². The monoisotopic (exact) mass is 286 g/mol. The first-order chi connectivity index (χ1) is 9.80. The fourth-order valence-electron chi connectivity index (χ4n) is 3.58. The molecule has 21 heavy (non-hydrogen) atoms. The molecule has 1 heterocycles. The van der Waals surface area contributed by atoms with Crippen molar-refractivity contribution in [1.29, 1.82) is 0 Å².